The van der Waals surface area contributed by atoms with Gasteiger partial charge in [0.25, 0.3) is 0 Å². The van der Waals surface area contributed by atoms with Crippen LogP contribution >= 0.6 is 0 Å². The van der Waals surface area contributed by atoms with Gasteiger partial charge in [-0.25, -0.2) is 13.6 Å². The van der Waals surface area contributed by atoms with Gasteiger partial charge in [-0.2, -0.15) is 0 Å². The van der Waals surface area contributed by atoms with Crippen molar-refractivity contribution in [2.75, 3.05) is 19.0 Å². The SMILES string of the molecule is CC(C)(C)C(COCCCc1ccccc1)CS(N)(=O)=O. The molecule has 1 rings (SSSR count). The van der Waals surface area contributed by atoms with Crippen LogP contribution in [0.25, 0.3) is 0 Å². The summed E-state index contributed by atoms with van der Waals surface area (Å²) in [5.41, 5.74) is 1.14. The van der Waals surface area contributed by atoms with E-state index in [2.05, 4.69) is 12.1 Å². The average molecular weight is 313 g/mol. The van der Waals surface area contributed by atoms with Gasteiger partial charge >= 0.3 is 0 Å². The molecule has 0 heterocycles. The van der Waals surface area contributed by atoms with Gasteiger partial charge in [0.2, 0.25) is 10.0 Å². The molecule has 120 valence electrons. The van der Waals surface area contributed by atoms with E-state index in [1.807, 2.05) is 39.0 Å². The zero-order chi connectivity index (χ0) is 15.9. The first-order chi connectivity index (χ1) is 9.68. The van der Waals surface area contributed by atoms with Gasteiger partial charge < -0.3 is 4.74 Å². The Labute approximate surface area is 128 Å². The Morgan fingerprint density at radius 3 is 2.33 bits per heavy atom. The minimum absolute atomic E-state index is 0.0326. The molecule has 0 saturated heterocycles. The number of hydrogen-bond donors (Lipinski definition) is 1. The van der Waals surface area contributed by atoms with Crippen molar-refractivity contribution in [3.05, 3.63) is 35.9 Å². The summed E-state index contributed by atoms with van der Waals surface area (Å²) in [7, 11) is -3.47. The third-order valence-electron chi connectivity index (χ3n) is 3.57. The van der Waals surface area contributed by atoms with Gasteiger partial charge in [0.05, 0.1) is 12.4 Å². The Hall–Kier alpha value is -0.910. The molecular formula is C16H27NO3S. The summed E-state index contributed by atoms with van der Waals surface area (Å²) in [5.74, 6) is -0.126. The average Bonchev–Trinajstić information content (AvgIpc) is 2.35. The topological polar surface area (TPSA) is 69.4 Å². The van der Waals surface area contributed by atoms with Crippen LogP contribution < -0.4 is 5.14 Å². The lowest BCUT2D eigenvalue weighted by Gasteiger charge is -2.29. The van der Waals surface area contributed by atoms with E-state index < -0.39 is 10.0 Å². The molecule has 0 saturated carbocycles. The van der Waals surface area contributed by atoms with Gasteiger partial charge in [-0.1, -0.05) is 51.1 Å². The molecule has 0 amide bonds. The van der Waals surface area contributed by atoms with Crippen LogP contribution in [0.4, 0.5) is 0 Å². The van der Waals surface area contributed by atoms with E-state index in [1.165, 1.54) is 5.56 Å². The van der Waals surface area contributed by atoms with Gasteiger partial charge in [-0.05, 0) is 23.8 Å². The van der Waals surface area contributed by atoms with Crippen LogP contribution in [-0.2, 0) is 21.2 Å². The lowest BCUT2D eigenvalue weighted by atomic mass is 9.82. The molecular weight excluding hydrogens is 286 g/mol. The highest BCUT2D eigenvalue weighted by molar-refractivity contribution is 7.89. The summed E-state index contributed by atoms with van der Waals surface area (Å²) in [5, 5.41) is 5.16. The molecule has 0 aliphatic heterocycles. The number of rotatable bonds is 8. The zero-order valence-electron chi connectivity index (χ0n) is 13.2. The third-order valence-corrected chi connectivity index (χ3v) is 4.44. The summed E-state index contributed by atoms with van der Waals surface area (Å²) in [6.07, 6.45) is 1.90. The number of benzene rings is 1. The molecule has 1 unspecified atom stereocenters. The Morgan fingerprint density at radius 2 is 1.81 bits per heavy atom. The summed E-state index contributed by atoms with van der Waals surface area (Å²) in [6.45, 7) is 7.09. The highest BCUT2D eigenvalue weighted by Gasteiger charge is 2.28. The summed E-state index contributed by atoms with van der Waals surface area (Å²) in [6, 6.07) is 10.2. The van der Waals surface area contributed by atoms with E-state index in [9.17, 15) is 8.42 Å². The van der Waals surface area contributed by atoms with Crippen molar-refractivity contribution in [2.45, 2.75) is 33.6 Å². The number of hydrogen-bond acceptors (Lipinski definition) is 3. The Morgan fingerprint density at radius 1 is 1.19 bits per heavy atom. The van der Waals surface area contributed by atoms with Crippen LogP contribution in [0.15, 0.2) is 30.3 Å². The quantitative estimate of drug-likeness (QED) is 0.750. The summed E-state index contributed by atoms with van der Waals surface area (Å²) >= 11 is 0. The molecule has 4 nitrogen and oxygen atoms in total. The fraction of sp³-hybridized carbons (Fsp3) is 0.625. The van der Waals surface area contributed by atoms with Crippen molar-refractivity contribution in [3.8, 4) is 0 Å². The second-order valence-electron chi connectivity index (χ2n) is 6.56. The van der Waals surface area contributed by atoms with E-state index in [-0.39, 0.29) is 17.1 Å². The fourth-order valence-corrected chi connectivity index (χ4v) is 3.23. The molecule has 5 heteroatoms. The van der Waals surface area contributed by atoms with Crippen molar-refractivity contribution in [1.29, 1.82) is 0 Å². The van der Waals surface area contributed by atoms with Gasteiger partial charge in [0.1, 0.15) is 0 Å². The minimum atomic E-state index is -3.47. The molecule has 1 aromatic carbocycles. The van der Waals surface area contributed by atoms with Crippen LogP contribution in [0.1, 0.15) is 32.8 Å². The van der Waals surface area contributed by atoms with Gasteiger partial charge in [-0.15, -0.1) is 0 Å². The monoisotopic (exact) mass is 313 g/mol. The molecule has 21 heavy (non-hydrogen) atoms. The van der Waals surface area contributed by atoms with Crippen LogP contribution in [-0.4, -0.2) is 27.4 Å². The maximum Gasteiger partial charge on any atom is 0.209 e. The normalized spacial score (nSPS) is 14.1. The van der Waals surface area contributed by atoms with E-state index in [0.29, 0.717) is 13.2 Å². The first kappa shape index (κ1) is 18.1. The van der Waals surface area contributed by atoms with Crippen molar-refractivity contribution in [1.82, 2.24) is 0 Å². The maximum absolute atomic E-state index is 11.3. The van der Waals surface area contributed by atoms with Crippen LogP contribution in [0, 0.1) is 11.3 Å². The largest absolute Gasteiger partial charge is 0.381 e. The lowest BCUT2D eigenvalue weighted by molar-refractivity contribution is 0.0641. The number of nitrogens with two attached hydrogens (primary N) is 1. The van der Waals surface area contributed by atoms with E-state index in [4.69, 9.17) is 9.88 Å². The molecule has 1 atom stereocenters. The summed E-state index contributed by atoms with van der Waals surface area (Å²) in [4.78, 5) is 0. The Balaban J connectivity index is 2.34. The molecule has 0 spiro atoms. The van der Waals surface area contributed by atoms with Crippen molar-refractivity contribution < 1.29 is 13.2 Å². The predicted molar refractivity (Wildman–Crippen MR) is 86.5 cm³/mol. The number of sulfonamides is 1. The molecule has 0 aliphatic rings. The van der Waals surface area contributed by atoms with Crippen LogP contribution in [0.5, 0.6) is 0 Å². The number of primary sulfonamides is 1. The van der Waals surface area contributed by atoms with E-state index in [0.717, 1.165) is 12.8 Å². The Kier molecular flexibility index (Phi) is 6.84. The molecule has 1 aromatic rings. The number of ether oxygens (including phenoxy) is 1. The highest BCUT2D eigenvalue weighted by Crippen LogP contribution is 2.27. The molecule has 0 fully saturated rings. The molecule has 0 radical (unpaired) electrons. The third kappa shape index (κ3) is 8.19. The van der Waals surface area contributed by atoms with Crippen molar-refractivity contribution in [3.63, 3.8) is 0 Å². The molecule has 0 bridgehead atoms. The van der Waals surface area contributed by atoms with E-state index >= 15 is 0 Å². The van der Waals surface area contributed by atoms with Crippen molar-refractivity contribution in [2.24, 2.45) is 16.5 Å². The standard InChI is InChI=1S/C16H27NO3S/c1-16(2,3)15(13-21(17,18)19)12-20-11-7-10-14-8-5-4-6-9-14/h4-6,8-9,15H,7,10-13H2,1-3H3,(H2,17,18,19). The van der Waals surface area contributed by atoms with Crippen LogP contribution in [0.3, 0.4) is 0 Å². The number of aryl methyl sites for hydroxylation is 1. The fourth-order valence-electron chi connectivity index (χ4n) is 2.08. The summed E-state index contributed by atoms with van der Waals surface area (Å²) < 4.78 is 28.2. The van der Waals surface area contributed by atoms with Gasteiger partial charge in [-0.3, -0.25) is 0 Å². The highest BCUT2D eigenvalue weighted by atomic mass is 32.2. The second kappa shape index (κ2) is 7.92. The molecule has 2 N–H and O–H groups in total. The minimum Gasteiger partial charge on any atom is -0.381 e. The molecule has 0 aromatic heterocycles. The second-order valence-corrected chi connectivity index (χ2v) is 8.22. The smallest absolute Gasteiger partial charge is 0.209 e. The zero-order valence-corrected chi connectivity index (χ0v) is 14.0. The maximum atomic E-state index is 11.3. The predicted octanol–water partition coefficient (Wildman–Crippen LogP) is 2.59. The van der Waals surface area contributed by atoms with Crippen molar-refractivity contribution >= 4 is 10.0 Å². The van der Waals surface area contributed by atoms with E-state index in [1.54, 1.807) is 0 Å². The lowest BCUT2D eigenvalue weighted by Crippen LogP contribution is -2.34. The van der Waals surface area contributed by atoms with Gasteiger partial charge in [0, 0.05) is 12.5 Å². The first-order valence-electron chi connectivity index (χ1n) is 7.30. The first-order valence-corrected chi connectivity index (χ1v) is 9.02. The van der Waals surface area contributed by atoms with Crippen LogP contribution in [0.2, 0.25) is 0 Å². The molecule has 0 aliphatic carbocycles. The Bertz CT molecular complexity index is 506. The van der Waals surface area contributed by atoms with Gasteiger partial charge in [0.15, 0.2) is 0 Å².